The van der Waals surface area contributed by atoms with Crippen molar-refractivity contribution in [2.45, 2.75) is 0 Å². The van der Waals surface area contributed by atoms with E-state index in [-0.39, 0.29) is 22.3 Å². The number of carbonyl (C=O) groups is 1. The molecule has 3 aromatic rings. The summed E-state index contributed by atoms with van der Waals surface area (Å²) in [7, 11) is 0. The Hall–Kier alpha value is -2.66. The van der Waals surface area contributed by atoms with Crippen LogP contribution < -0.4 is 11.1 Å². The Morgan fingerprint density at radius 1 is 1.19 bits per heavy atom. The Balaban J connectivity index is 1.99. The number of pyridine rings is 2. The molecule has 2 heterocycles. The molecule has 0 saturated carbocycles. The van der Waals surface area contributed by atoms with Gasteiger partial charge in [0.1, 0.15) is 5.82 Å². The van der Waals surface area contributed by atoms with E-state index in [1.54, 1.807) is 12.3 Å². The summed E-state index contributed by atoms with van der Waals surface area (Å²) < 4.78 is 0. The van der Waals surface area contributed by atoms with Crippen LogP contribution in [0.4, 0.5) is 11.5 Å². The van der Waals surface area contributed by atoms with E-state index in [1.165, 1.54) is 12.3 Å². The first kappa shape index (κ1) is 13.3. The number of nitrogens with one attached hydrogen (secondary N) is 1. The fourth-order valence-electron chi connectivity index (χ4n) is 2.03. The monoisotopic (exact) mass is 298 g/mol. The van der Waals surface area contributed by atoms with Gasteiger partial charge in [-0.05, 0) is 30.3 Å². The van der Waals surface area contributed by atoms with Gasteiger partial charge in [0, 0.05) is 17.8 Å². The molecule has 0 spiro atoms. The van der Waals surface area contributed by atoms with Gasteiger partial charge in [-0.1, -0.05) is 17.7 Å². The van der Waals surface area contributed by atoms with Gasteiger partial charge >= 0.3 is 0 Å². The maximum atomic E-state index is 12.3. The molecule has 3 rings (SSSR count). The third kappa shape index (κ3) is 2.64. The highest BCUT2D eigenvalue weighted by molar-refractivity contribution is 6.34. The van der Waals surface area contributed by atoms with E-state index in [4.69, 9.17) is 17.3 Å². The number of anilines is 2. The number of carbonyl (C=O) groups excluding carboxylic acids is 1. The van der Waals surface area contributed by atoms with Gasteiger partial charge in [-0.3, -0.25) is 9.78 Å². The molecule has 0 atom stereocenters. The topological polar surface area (TPSA) is 80.9 Å². The molecule has 0 aliphatic carbocycles. The Morgan fingerprint density at radius 3 is 2.90 bits per heavy atom. The number of aromatic nitrogens is 2. The van der Waals surface area contributed by atoms with E-state index in [0.717, 1.165) is 10.9 Å². The molecule has 104 valence electrons. The number of hydrogen-bond donors (Lipinski definition) is 2. The van der Waals surface area contributed by atoms with E-state index < -0.39 is 0 Å². The van der Waals surface area contributed by atoms with E-state index in [9.17, 15) is 4.79 Å². The lowest BCUT2D eigenvalue weighted by Gasteiger charge is -2.09. The van der Waals surface area contributed by atoms with Crippen molar-refractivity contribution >= 4 is 39.9 Å². The summed E-state index contributed by atoms with van der Waals surface area (Å²) in [5.41, 5.74) is 7.34. The molecular formula is C15H11ClN4O. The average Bonchev–Trinajstić information content (AvgIpc) is 2.50. The van der Waals surface area contributed by atoms with Crippen molar-refractivity contribution in [1.82, 2.24) is 9.97 Å². The van der Waals surface area contributed by atoms with Crippen molar-refractivity contribution in [3.05, 3.63) is 59.4 Å². The van der Waals surface area contributed by atoms with Gasteiger partial charge in [-0.25, -0.2) is 4.98 Å². The largest absolute Gasteiger partial charge is 0.384 e. The molecule has 0 saturated heterocycles. The van der Waals surface area contributed by atoms with Crippen LogP contribution in [0.25, 0.3) is 10.9 Å². The van der Waals surface area contributed by atoms with Crippen molar-refractivity contribution < 1.29 is 4.79 Å². The quantitative estimate of drug-likeness (QED) is 0.761. The van der Waals surface area contributed by atoms with Gasteiger partial charge in [0.15, 0.2) is 0 Å². The van der Waals surface area contributed by atoms with Crippen LogP contribution >= 0.6 is 11.6 Å². The highest BCUT2D eigenvalue weighted by Gasteiger charge is 2.13. The second-order valence-corrected chi connectivity index (χ2v) is 4.83. The van der Waals surface area contributed by atoms with Gasteiger partial charge in [0.2, 0.25) is 0 Å². The van der Waals surface area contributed by atoms with Gasteiger partial charge in [-0.2, -0.15) is 0 Å². The predicted octanol–water partition coefficient (Wildman–Crippen LogP) is 3.12. The highest BCUT2D eigenvalue weighted by atomic mass is 35.5. The van der Waals surface area contributed by atoms with Crippen LogP contribution in [0.2, 0.25) is 5.02 Å². The zero-order chi connectivity index (χ0) is 14.8. The first-order chi connectivity index (χ1) is 10.1. The SMILES string of the molecule is Nc1cc(C(=O)Nc2cccc3ncccc23)c(Cl)cn1. The number of rotatable bonds is 2. The van der Waals surface area contributed by atoms with Crippen LogP contribution in [0.15, 0.2) is 48.8 Å². The zero-order valence-electron chi connectivity index (χ0n) is 10.9. The second kappa shape index (κ2) is 5.38. The molecule has 1 aromatic carbocycles. The average molecular weight is 299 g/mol. The lowest BCUT2D eigenvalue weighted by molar-refractivity contribution is 0.102. The zero-order valence-corrected chi connectivity index (χ0v) is 11.6. The third-order valence-electron chi connectivity index (χ3n) is 3.02. The van der Waals surface area contributed by atoms with Crippen molar-refractivity contribution in [2.75, 3.05) is 11.1 Å². The van der Waals surface area contributed by atoms with Crippen molar-refractivity contribution in [2.24, 2.45) is 0 Å². The number of benzene rings is 1. The molecule has 3 N–H and O–H groups in total. The van der Waals surface area contributed by atoms with Crippen molar-refractivity contribution in [3.8, 4) is 0 Å². The minimum absolute atomic E-state index is 0.240. The Labute approximate surface area is 125 Å². The molecule has 5 nitrogen and oxygen atoms in total. The second-order valence-electron chi connectivity index (χ2n) is 4.42. The summed E-state index contributed by atoms with van der Waals surface area (Å²) in [5, 5.41) is 3.93. The van der Waals surface area contributed by atoms with Crippen molar-refractivity contribution in [3.63, 3.8) is 0 Å². The number of amides is 1. The molecule has 6 heteroatoms. The van der Waals surface area contributed by atoms with Crippen molar-refractivity contribution in [1.29, 1.82) is 0 Å². The summed E-state index contributed by atoms with van der Waals surface area (Å²) >= 11 is 5.98. The fraction of sp³-hybridized carbons (Fsp3) is 0. The summed E-state index contributed by atoms with van der Waals surface area (Å²) in [4.78, 5) is 20.4. The lowest BCUT2D eigenvalue weighted by Crippen LogP contribution is -2.13. The normalized spacial score (nSPS) is 10.5. The molecule has 1 amide bonds. The molecule has 0 aliphatic heterocycles. The standard InChI is InChI=1S/C15H11ClN4O/c16-11-8-19-14(17)7-10(11)15(21)20-13-5-1-4-12-9(13)3-2-6-18-12/h1-8H,(H2,17,19)(H,20,21). The van der Waals surface area contributed by atoms with Crippen LogP contribution in [-0.4, -0.2) is 15.9 Å². The highest BCUT2D eigenvalue weighted by Crippen LogP contribution is 2.23. The van der Waals surface area contributed by atoms with Gasteiger partial charge < -0.3 is 11.1 Å². The van der Waals surface area contributed by atoms with Crippen LogP contribution in [-0.2, 0) is 0 Å². The molecule has 21 heavy (non-hydrogen) atoms. The molecule has 0 bridgehead atoms. The Kier molecular flexibility index (Phi) is 3.41. The number of halogens is 1. The molecule has 0 aliphatic rings. The van der Waals surface area contributed by atoms with Crippen LogP contribution in [0.1, 0.15) is 10.4 Å². The van der Waals surface area contributed by atoms with Crippen LogP contribution in [0, 0.1) is 0 Å². The summed E-state index contributed by atoms with van der Waals surface area (Å²) in [6.07, 6.45) is 3.06. The first-order valence-corrected chi connectivity index (χ1v) is 6.59. The van der Waals surface area contributed by atoms with Crippen LogP contribution in [0.5, 0.6) is 0 Å². The molecule has 0 radical (unpaired) electrons. The molecule has 0 fully saturated rings. The van der Waals surface area contributed by atoms with Gasteiger partial charge in [0.25, 0.3) is 5.91 Å². The number of hydrogen-bond acceptors (Lipinski definition) is 4. The molecular weight excluding hydrogens is 288 g/mol. The molecule has 2 aromatic heterocycles. The number of nitrogen functional groups attached to an aromatic ring is 1. The van der Waals surface area contributed by atoms with E-state index in [1.807, 2.05) is 24.3 Å². The summed E-state index contributed by atoms with van der Waals surface area (Å²) in [6.45, 7) is 0. The van der Waals surface area contributed by atoms with Crippen LogP contribution in [0.3, 0.4) is 0 Å². The Bertz CT molecular complexity index is 830. The van der Waals surface area contributed by atoms with Gasteiger partial charge in [0.05, 0.1) is 21.8 Å². The number of fused-ring (bicyclic) bond motifs is 1. The third-order valence-corrected chi connectivity index (χ3v) is 3.32. The fourth-order valence-corrected chi connectivity index (χ4v) is 2.22. The maximum absolute atomic E-state index is 12.3. The lowest BCUT2D eigenvalue weighted by atomic mass is 10.1. The minimum Gasteiger partial charge on any atom is -0.384 e. The summed E-state index contributed by atoms with van der Waals surface area (Å²) in [5.74, 6) is -0.102. The number of nitrogens with zero attached hydrogens (tertiary/aromatic N) is 2. The predicted molar refractivity (Wildman–Crippen MR) is 83.4 cm³/mol. The smallest absolute Gasteiger partial charge is 0.257 e. The van der Waals surface area contributed by atoms with Gasteiger partial charge in [-0.15, -0.1) is 0 Å². The van der Waals surface area contributed by atoms with E-state index in [0.29, 0.717) is 5.69 Å². The minimum atomic E-state index is -0.342. The first-order valence-electron chi connectivity index (χ1n) is 6.21. The van der Waals surface area contributed by atoms with E-state index in [2.05, 4.69) is 15.3 Å². The summed E-state index contributed by atoms with van der Waals surface area (Å²) in [6, 6.07) is 10.7. The Morgan fingerprint density at radius 2 is 2.05 bits per heavy atom. The molecule has 0 unspecified atom stereocenters. The van der Waals surface area contributed by atoms with E-state index >= 15 is 0 Å². The number of nitrogens with two attached hydrogens (primary N) is 1. The maximum Gasteiger partial charge on any atom is 0.257 e.